The van der Waals surface area contributed by atoms with Gasteiger partial charge in [-0.25, -0.2) is 13.4 Å². The van der Waals surface area contributed by atoms with Gasteiger partial charge in [-0.15, -0.1) is 0 Å². The van der Waals surface area contributed by atoms with Gasteiger partial charge in [0.15, 0.2) is 17.3 Å². The molecule has 2 aliphatic rings. The summed E-state index contributed by atoms with van der Waals surface area (Å²) < 4.78 is 31.3. The third-order valence-corrected chi connectivity index (χ3v) is 5.71. The van der Waals surface area contributed by atoms with E-state index >= 15 is 0 Å². The molecule has 2 aliphatic heterocycles. The summed E-state index contributed by atoms with van der Waals surface area (Å²) in [6.45, 7) is 5.41. The van der Waals surface area contributed by atoms with Crippen molar-refractivity contribution in [3.63, 3.8) is 0 Å². The number of piperidine rings is 1. The van der Waals surface area contributed by atoms with Gasteiger partial charge in [0, 0.05) is 31.6 Å². The predicted molar refractivity (Wildman–Crippen MR) is 92.9 cm³/mol. The number of likely N-dealkylation sites (tertiary alicyclic amines) is 2. The normalized spacial score (nSPS) is 23.3. The Labute approximate surface area is 156 Å². The number of rotatable bonds is 3. The van der Waals surface area contributed by atoms with Crippen molar-refractivity contribution in [1.29, 1.82) is 0 Å². The number of carbonyl (C=O) groups is 1. The Morgan fingerprint density at radius 2 is 2.04 bits per heavy atom. The molecule has 1 aromatic heterocycles. The molecule has 0 aliphatic carbocycles. The molecule has 0 bridgehead atoms. The van der Waals surface area contributed by atoms with Crippen LogP contribution in [0.4, 0.5) is 8.78 Å². The van der Waals surface area contributed by atoms with Crippen LogP contribution < -0.4 is 0 Å². The molecular weight excluding hydrogens is 354 g/mol. The van der Waals surface area contributed by atoms with Crippen LogP contribution in [0, 0.1) is 24.0 Å². The largest absolute Gasteiger partial charge is 0.337 e. The van der Waals surface area contributed by atoms with Crippen LogP contribution in [0.1, 0.15) is 41.0 Å². The standard InChI is InChI=1S/C19H22F2N4O2/c1-13-17(23-27-22-13)18(26)25-8-6-19(12-25)5-2-7-24(11-19)10-14-3-4-15(20)16(21)9-14/h3-4,9H,2,5-8,10-12H2,1H3/t19-/m0/s1. The third kappa shape index (κ3) is 3.58. The molecule has 1 spiro atoms. The van der Waals surface area contributed by atoms with Crippen LogP contribution in [0.5, 0.6) is 0 Å². The molecule has 4 rings (SSSR count). The average molecular weight is 376 g/mol. The number of hydrogen-bond donors (Lipinski definition) is 0. The summed E-state index contributed by atoms with van der Waals surface area (Å²) >= 11 is 0. The first-order valence-electron chi connectivity index (χ1n) is 9.20. The molecule has 2 aromatic rings. The third-order valence-electron chi connectivity index (χ3n) is 5.71. The number of aryl methyl sites for hydroxylation is 1. The number of benzene rings is 1. The zero-order chi connectivity index (χ0) is 19.0. The highest BCUT2D eigenvalue weighted by Gasteiger charge is 2.43. The lowest BCUT2D eigenvalue weighted by Gasteiger charge is -2.40. The van der Waals surface area contributed by atoms with E-state index in [0.29, 0.717) is 25.3 Å². The Morgan fingerprint density at radius 1 is 1.19 bits per heavy atom. The van der Waals surface area contributed by atoms with Crippen molar-refractivity contribution in [1.82, 2.24) is 20.1 Å². The van der Waals surface area contributed by atoms with Gasteiger partial charge in [-0.2, -0.15) is 0 Å². The Kier molecular flexibility index (Phi) is 4.67. The van der Waals surface area contributed by atoms with E-state index in [2.05, 4.69) is 19.8 Å². The van der Waals surface area contributed by atoms with Crippen molar-refractivity contribution in [2.75, 3.05) is 26.2 Å². The summed E-state index contributed by atoms with van der Waals surface area (Å²) in [5.74, 6) is -1.77. The Hall–Kier alpha value is -2.35. The topological polar surface area (TPSA) is 62.5 Å². The maximum Gasteiger partial charge on any atom is 0.278 e. The molecule has 0 radical (unpaired) electrons. The van der Waals surface area contributed by atoms with E-state index in [1.807, 2.05) is 4.90 Å². The first kappa shape index (κ1) is 18.0. The van der Waals surface area contributed by atoms with Crippen molar-refractivity contribution in [3.05, 3.63) is 46.8 Å². The van der Waals surface area contributed by atoms with E-state index in [1.165, 1.54) is 12.1 Å². The molecule has 27 heavy (non-hydrogen) atoms. The van der Waals surface area contributed by atoms with Crippen LogP contribution in [0.15, 0.2) is 22.8 Å². The molecule has 1 amide bonds. The zero-order valence-electron chi connectivity index (χ0n) is 15.3. The molecule has 0 unspecified atom stereocenters. The summed E-state index contributed by atoms with van der Waals surface area (Å²) in [6.07, 6.45) is 3.01. The fourth-order valence-electron chi connectivity index (χ4n) is 4.36. The van der Waals surface area contributed by atoms with Crippen molar-refractivity contribution in [3.8, 4) is 0 Å². The second-order valence-electron chi connectivity index (χ2n) is 7.74. The summed E-state index contributed by atoms with van der Waals surface area (Å²) in [7, 11) is 0. The van der Waals surface area contributed by atoms with E-state index in [1.54, 1.807) is 13.0 Å². The maximum absolute atomic E-state index is 13.5. The summed E-state index contributed by atoms with van der Waals surface area (Å²) in [6, 6.07) is 4.07. The van der Waals surface area contributed by atoms with E-state index in [-0.39, 0.29) is 17.0 Å². The minimum Gasteiger partial charge on any atom is -0.337 e. The van der Waals surface area contributed by atoms with E-state index in [4.69, 9.17) is 0 Å². The second-order valence-corrected chi connectivity index (χ2v) is 7.74. The minimum atomic E-state index is -0.823. The van der Waals surface area contributed by atoms with Crippen molar-refractivity contribution < 1.29 is 18.2 Å². The average Bonchev–Trinajstić information content (AvgIpc) is 3.24. The Bertz CT molecular complexity index is 856. The van der Waals surface area contributed by atoms with Gasteiger partial charge in [-0.3, -0.25) is 9.69 Å². The maximum atomic E-state index is 13.5. The van der Waals surface area contributed by atoms with Gasteiger partial charge in [0.25, 0.3) is 5.91 Å². The lowest BCUT2D eigenvalue weighted by molar-refractivity contribution is 0.0666. The first-order chi connectivity index (χ1) is 13.0. The quantitative estimate of drug-likeness (QED) is 0.824. The van der Waals surface area contributed by atoms with Gasteiger partial charge in [0.05, 0.1) is 0 Å². The highest BCUT2D eigenvalue weighted by Crippen LogP contribution is 2.39. The molecule has 0 saturated carbocycles. The molecular formula is C19H22F2N4O2. The number of nitrogens with zero attached hydrogens (tertiary/aromatic N) is 4. The molecule has 1 atom stereocenters. The molecule has 8 heteroatoms. The molecule has 2 saturated heterocycles. The molecule has 6 nitrogen and oxygen atoms in total. The summed E-state index contributed by atoms with van der Waals surface area (Å²) in [4.78, 5) is 16.8. The second kappa shape index (κ2) is 6.99. The number of carbonyl (C=O) groups excluding carboxylic acids is 1. The molecule has 1 aromatic carbocycles. The van der Waals surface area contributed by atoms with Gasteiger partial charge in [0.2, 0.25) is 0 Å². The highest BCUT2D eigenvalue weighted by molar-refractivity contribution is 5.93. The Balaban J connectivity index is 1.42. The van der Waals surface area contributed by atoms with Crippen LogP contribution in [0.3, 0.4) is 0 Å². The van der Waals surface area contributed by atoms with Crippen molar-refractivity contribution in [2.45, 2.75) is 32.7 Å². The smallest absolute Gasteiger partial charge is 0.278 e. The minimum absolute atomic E-state index is 0.0392. The van der Waals surface area contributed by atoms with Gasteiger partial charge in [-0.05, 0) is 55.6 Å². The van der Waals surface area contributed by atoms with Gasteiger partial charge < -0.3 is 4.90 Å². The van der Waals surface area contributed by atoms with Gasteiger partial charge >= 0.3 is 0 Å². The van der Waals surface area contributed by atoms with E-state index in [9.17, 15) is 13.6 Å². The molecule has 0 N–H and O–H groups in total. The van der Waals surface area contributed by atoms with E-state index < -0.39 is 11.6 Å². The van der Waals surface area contributed by atoms with Crippen LogP contribution >= 0.6 is 0 Å². The SMILES string of the molecule is Cc1nonc1C(=O)N1CC[C@]2(CCCN(Cc3ccc(F)c(F)c3)C2)C1. The van der Waals surface area contributed by atoms with E-state index in [0.717, 1.165) is 37.9 Å². The first-order valence-corrected chi connectivity index (χ1v) is 9.20. The molecule has 3 heterocycles. The van der Waals surface area contributed by atoms with Crippen molar-refractivity contribution in [2.24, 2.45) is 5.41 Å². The lowest BCUT2D eigenvalue weighted by Crippen LogP contribution is -2.45. The van der Waals surface area contributed by atoms with Gasteiger partial charge in [0.1, 0.15) is 5.69 Å². The number of amides is 1. The van der Waals surface area contributed by atoms with Crippen LogP contribution in [-0.4, -0.2) is 52.2 Å². The predicted octanol–water partition coefficient (Wildman–Crippen LogP) is 2.78. The lowest BCUT2D eigenvalue weighted by atomic mass is 9.79. The zero-order valence-corrected chi connectivity index (χ0v) is 15.3. The van der Waals surface area contributed by atoms with Crippen LogP contribution in [-0.2, 0) is 6.54 Å². The Morgan fingerprint density at radius 3 is 2.78 bits per heavy atom. The van der Waals surface area contributed by atoms with Crippen LogP contribution in [0.2, 0.25) is 0 Å². The summed E-state index contributed by atoms with van der Waals surface area (Å²) in [5.41, 5.74) is 1.59. The number of hydrogen-bond acceptors (Lipinski definition) is 5. The number of aromatic nitrogens is 2. The molecule has 2 fully saturated rings. The monoisotopic (exact) mass is 376 g/mol. The fraction of sp³-hybridized carbons (Fsp3) is 0.526. The number of halogens is 2. The van der Waals surface area contributed by atoms with Gasteiger partial charge in [-0.1, -0.05) is 11.2 Å². The highest BCUT2D eigenvalue weighted by atomic mass is 19.2. The fourth-order valence-corrected chi connectivity index (χ4v) is 4.36. The van der Waals surface area contributed by atoms with Crippen molar-refractivity contribution >= 4 is 5.91 Å². The molecule has 144 valence electrons. The summed E-state index contributed by atoms with van der Waals surface area (Å²) in [5, 5.41) is 7.41. The van der Waals surface area contributed by atoms with Crippen LogP contribution in [0.25, 0.3) is 0 Å².